The highest BCUT2D eigenvalue weighted by Gasteiger charge is 2.07. The van der Waals surface area contributed by atoms with Crippen LogP contribution in [0.5, 0.6) is 0 Å². The second-order valence-electron chi connectivity index (χ2n) is 3.61. The predicted molar refractivity (Wildman–Crippen MR) is 67.1 cm³/mol. The van der Waals surface area contributed by atoms with Crippen LogP contribution in [0.25, 0.3) is 0 Å². The number of nitrogens with zero attached hydrogens (tertiary/aromatic N) is 1. The molecule has 0 spiro atoms. The Balaban J connectivity index is 2.45. The lowest BCUT2D eigenvalue weighted by atomic mass is 10.2. The molecule has 0 atom stereocenters. The Labute approximate surface area is 105 Å². The molecule has 3 nitrogen and oxygen atoms in total. The van der Waals surface area contributed by atoms with Gasteiger partial charge in [-0.2, -0.15) is 0 Å². The number of halogens is 1. The van der Waals surface area contributed by atoms with Gasteiger partial charge in [0, 0.05) is 11.0 Å². The maximum absolute atomic E-state index is 11.2. The summed E-state index contributed by atoms with van der Waals surface area (Å²) in [7, 11) is 1.90. The van der Waals surface area contributed by atoms with Crippen LogP contribution in [0.2, 0.25) is 0 Å². The van der Waals surface area contributed by atoms with Crippen molar-refractivity contribution in [3.05, 3.63) is 34.3 Å². The van der Waals surface area contributed by atoms with E-state index in [9.17, 15) is 4.79 Å². The quantitative estimate of drug-likeness (QED) is 0.779. The normalized spacial score (nSPS) is 10.5. The number of ether oxygens (including phenoxy) is 1. The molecular weight excluding hydrogens is 270 g/mol. The lowest BCUT2D eigenvalue weighted by Gasteiger charge is -2.15. The molecule has 0 aliphatic rings. The third-order valence-electron chi connectivity index (χ3n) is 2.05. The average Bonchev–Trinajstić information content (AvgIpc) is 2.17. The molecule has 0 fully saturated rings. The monoisotopic (exact) mass is 285 g/mol. The van der Waals surface area contributed by atoms with E-state index in [-0.39, 0.29) is 5.97 Å². The number of esters is 1. The Morgan fingerprint density at radius 3 is 2.88 bits per heavy atom. The third-order valence-corrected chi connectivity index (χ3v) is 2.54. The molecule has 0 saturated heterocycles. The molecular formula is C12H16BrNO2. The van der Waals surface area contributed by atoms with E-state index in [0.29, 0.717) is 13.2 Å². The molecule has 0 unspecified atom stereocenters. The van der Waals surface area contributed by atoms with Crippen LogP contribution in [0, 0.1) is 0 Å². The zero-order valence-corrected chi connectivity index (χ0v) is 11.2. The first kappa shape index (κ1) is 13.2. The number of carbonyl (C=O) groups excluding carboxylic acids is 1. The van der Waals surface area contributed by atoms with E-state index in [1.807, 2.05) is 43.1 Å². The lowest BCUT2D eigenvalue weighted by Crippen LogP contribution is -2.26. The van der Waals surface area contributed by atoms with Gasteiger partial charge >= 0.3 is 5.97 Å². The first-order valence-electron chi connectivity index (χ1n) is 5.20. The molecule has 1 aromatic carbocycles. The largest absolute Gasteiger partial charge is 0.465 e. The van der Waals surface area contributed by atoms with Crippen LogP contribution >= 0.6 is 15.9 Å². The van der Waals surface area contributed by atoms with E-state index in [2.05, 4.69) is 15.9 Å². The molecule has 0 radical (unpaired) electrons. The van der Waals surface area contributed by atoms with Crippen LogP contribution in [0.3, 0.4) is 0 Å². The highest BCUT2D eigenvalue weighted by atomic mass is 79.9. The molecule has 1 rings (SSSR count). The van der Waals surface area contributed by atoms with E-state index in [0.717, 1.165) is 11.0 Å². The van der Waals surface area contributed by atoms with Crippen molar-refractivity contribution in [3.63, 3.8) is 0 Å². The maximum atomic E-state index is 11.2. The van der Waals surface area contributed by atoms with Crippen molar-refractivity contribution >= 4 is 21.9 Å². The fourth-order valence-corrected chi connectivity index (χ4v) is 1.88. The summed E-state index contributed by atoms with van der Waals surface area (Å²) in [5.74, 6) is -0.181. The molecule has 1 aromatic rings. The second-order valence-corrected chi connectivity index (χ2v) is 4.52. The maximum Gasteiger partial charge on any atom is 0.320 e. The summed E-state index contributed by atoms with van der Waals surface area (Å²) in [5, 5.41) is 0. The second kappa shape index (κ2) is 6.66. The minimum absolute atomic E-state index is 0.181. The average molecular weight is 286 g/mol. The van der Waals surface area contributed by atoms with Crippen LogP contribution in [0.15, 0.2) is 28.7 Å². The summed E-state index contributed by atoms with van der Waals surface area (Å²) >= 11 is 3.42. The summed E-state index contributed by atoms with van der Waals surface area (Å²) < 4.78 is 5.93. The molecule has 0 heterocycles. The van der Waals surface area contributed by atoms with Gasteiger partial charge in [0.15, 0.2) is 0 Å². The fourth-order valence-electron chi connectivity index (χ4n) is 1.43. The Kier molecular flexibility index (Phi) is 5.49. The number of likely N-dealkylation sites (N-methyl/N-ethyl adjacent to an activating group) is 1. The van der Waals surface area contributed by atoms with Gasteiger partial charge in [-0.05, 0) is 31.7 Å². The number of carbonyl (C=O) groups is 1. The molecule has 0 aliphatic carbocycles. The smallest absolute Gasteiger partial charge is 0.320 e. The van der Waals surface area contributed by atoms with Crippen molar-refractivity contribution in [3.8, 4) is 0 Å². The Morgan fingerprint density at radius 1 is 1.50 bits per heavy atom. The van der Waals surface area contributed by atoms with E-state index >= 15 is 0 Å². The van der Waals surface area contributed by atoms with Crippen molar-refractivity contribution < 1.29 is 9.53 Å². The van der Waals surface area contributed by atoms with Crippen LogP contribution in [-0.4, -0.2) is 31.1 Å². The van der Waals surface area contributed by atoms with Crippen molar-refractivity contribution in [2.75, 3.05) is 20.2 Å². The summed E-state index contributed by atoms with van der Waals surface area (Å²) in [6.45, 7) is 3.30. The molecule has 0 amide bonds. The van der Waals surface area contributed by atoms with Gasteiger partial charge in [0.05, 0.1) is 13.2 Å². The highest BCUT2D eigenvalue weighted by molar-refractivity contribution is 9.10. The summed E-state index contributed by atoms with van der Waals surface area (Å²) in [6, 6.07) is 8.04. The van der Waals surface area contributed by atoms with Crippen molar-refractivity contribution in [2.24, 2.45) is 0 Å². The first-order chi connectivity index (χ1) is 7.61. The van der Waals surface area contributed by atoms with Crippen molar-refractivity contribution in [1.82, 2.24) is 4.90 Å². The van der Waals surface area contributed by atoms with Crippen LogP contribution in [0.1, 0.15) is 12.5 Å². The molecule has 16 heavy (non-hydrogen) atoms. The van der Waals surface area contributed by atoms with Crippen molar-refractivity contribution in [2.45, 2.75) is 13.5 Å². The van der Waals surface area contributed by atoms with Gasteiger partial charge < -0.3 is 4.74 Å². The van der Waals surface area contributed by atoms with Gasteiger partial charge in [0.1, 0.15) is 0 Å². The van der Waals surface area contributed by atoms with E-state index in [1.165, 1.54) is 5.56 Å². The molecule has 0 aromatic heterocycles. The molecule has 0 saturated carbocycles. The third kappa shape index (κ3) is 4.77. The van der Waals surface area contributed by atoms with Gasteiger partial charge in [0.2, 0.25) is 0 Å². The number of benzene rings is 1. The Hall–Kier alpha value is -0.870. The Morgan fingerprint density at radius 2 is 2.25 bits per heavy atom. The summed E-state index contributed by atoms with van der Waals surface area (Å²) in [5.41, 5.74) is 1.17. The van der Waals surface area contributed by atoms with Crippen LogP contribution in [0.4, 0.5) is 0 Å². The number of rotatable bonds is 5. The van der Waals surface area contributed by atoms with Crippen LogP contribution < -0.4 is 0 Å². The fraction of sp³-hybridized carbons (Fsp3) is 0.417. The minimum Gasteiger partial charge on any atom is -0.465 e. The minimum atomic E-state index is -0.181. The van der Waals surface area contributed by atoms with E-state index in [1.54, 1.807) is 0 Å². The molecule has 0 bridgehead atoms. The summed E-state index contributed by atoms with van der Waals surface area (Å²) in [4.78, 5) is 13.2. The van der Waals surface area contributed by atoms with Crippen LogP contribution in [-0.2, 0) is 16.1 Å². The molecule has 4 heteroatoms. The van der Waals surface area contributed by atoms with E-state index < -0.39 is 0 Å². The van der Waals surface area contributed by atoms with E-state index in [4.69, 9.17) is 4.74 Å². The number of hydrogen-bond acceptors (Lipinski definition) is 3. The molecule has 0 N–H and O–H groups in total. The predicted octanol–water partition coefficient (Wildman–Crippen LogP) is 2.44. The van der Waals surface area contributed by atoms with Gasteiger partial charge in [0.25, 0.3) is 0 Å². The topological polar surface area (TPSA) is 29.5 Å². The molecule has 88 valence electrons. The zero-order valence-electron chi connectivity index (χ0n) is 9.57. The summed E-state index contributed by atoms with van der Waals surface area (Å²) in [6.07, 6.45) is 0. The lowest BCUT2D eigenvalue weighted by molar-refractivity contribution is -0.144. The zero-order chi connectivity index (χ0) is 12.0. The van der Waals surface area contributed by atoms with Gasteiger partial charge in [-0.1, -0.05) is 28.1 Å². The van der Waals surface area contributed by atoms with Gasteiger partial charge in [-0.3, -0.25) is 9.69 Å². The Bertz CT molecular complexity index is 355. The van der Waals surface area contributed by atoms with Gasteiger partial charge in [-0.15, -0.1) is 0 Å². The number of hydrogen-bond donors (Lipinski definition) is 0. The van der Waals surface area contributed by atoms with Crippen molar-refractivity contribution in [1.29, 1.82) is 0 Å². The van der Waals surface area contributed by atoms with Gasteiger partial charge in [-0.25, -0.2) is 0 Å². The first-order valence-corrected chi connectivity index (χ1v) is 5.99. The SMILES string of the molecule is CCOC(=O)CN(C)Cc1cccc(Br)c1. The molecule has 0 aliphatic heterocycles. The highest BCUT2D eigenvalue weighted by Crippen LogP contribution is 2.12. The standard InChI is InChI=1S/C12H16BrNO2/c1-3-16-12(15)9-14(2)8-10-5-4-6-11(13)7-10/h4-7H,3,8-9H2,1-2H3.